The van der Waals surface area contributed by atoms with Gasteiger partial charge in [0.15, 0.2) is 0 Å². The van der Waals surface area contributed by atoms with Gasteiger partial charge in [-0.3, -0.25) is 14.5 Å². The zero-order valence-electron chi connectivity index (χ0n) is 13.0. The molecule has 0 bridgehead atoms. The maximum absolute atomic E-state index is 12.3. The number of aliphatic carboxylic acids is 1. The van der Waals surface area contributed by atoms with E-state index in [1.165, 1.54) is 0 Å². The van der Waals surface area contributed by atoms with Gasteiger partial charge in [0, 0.05) is 13.1 Å². The predicted octanol–water partition coefficient (Wildman–Crippen LogP) is 1.82. The molecule has 0 aromatic rings. The Morgan fingerprint density at radius 3 is 2.05 bits per heavy atom. The molecule has 0 saturated carbocycles. The third kappa shape index (κ3) is 4.47. The smallest absolute Gasteiger partial charge is 0.309 e. The van der Waals surface area contributed by atoms with Crippen LogP contribution in [0.1, 0.15) is 46.5 Å². The third-order valence-electron chi connectivity index (χ3n) is 4.17. The van der Waals surface area contributed by atoms with Crippen LogP contribution >= 0.6 is 0 Å². The maximum Gasteiger partial charge on any atom is 0.309 e. The molecule has 1 aliphatic rings. The van der Waals surface area contributed by atoms with Crippen molar-refractivity contribution in [3.63, 3.8) is 0 Å². The van der Waals surface area contributed by atoms with Crippen molar-refractivity contribution in [1.82, 2.24) is 9.80 Å². The molecule has 0 aromatic heterocycles. The lowest BCUT2D eigenvalue weighted by Gasteiger charge is -2.36. The number of hydrogen-bond donors (Lipinski definition) is 1. The highest BCUT2D eigenvalue weighted by atomic mass is 16.4. The van der Waals surface area contributed by atoms with Crippen molar-refractivity contribution >= 4 is 11.9 Å². The average molecular weight is 284 g/mol. The number of carbonyl (C=O) groups is 2. The van der Waals surface area contributed by atoms with E-state index in [0.717, 1.165) is 25.9 Å². The second-order valence-corrected chi connectivity index (χ2v) is 6.02. The van der Waals surface area contributed by atoms with Gasteiger partial charge in [0.25, 0.3) is 0 Å². The second kappa shape index (κ2) is 7.62. The van der Waals surface area contributed by atoms with Gasteiger partial charge in [0.05, 0.1) is 12.0 Å². The standard InChI is InChI=1S/C15H28N2O3/c1-4-8-17(9-5-2)13(18)12-16-10-6-15(3,7-11-16)14(19)20/h4-12H2,1-3H3,(H,19,20). The van der Waals surface area contributed by atoms with E-state index in [0.29, 0.717) is 32.5 Å². The maximum atomic E-state index is 12.3. The zero-order valence-corrected chi connectivity index (χ0v) is 13.0. The highest BCUT2D eigenvalue weighted by molar-refractivity contribution is 5.78. The van der Waals surface area contributed by atoms with E-state index < -0.39 is 11.4 Å². The van der Waals surface area contributed by atoms with E-state index in [4.69, 9.17) is 0 Å². The van der Waals surface area contributed by atoms with Gasteiger partial charge in [-0.05, 0) is 45.7 Å². The number of carbonyl (C=O) groups excluding carboxylic acids is 1. The number of carboxylic acid groups (broad SMARTS) is 1. The lowest BCUT2D eigenvalue weighted by molar-refractivity contribution is -0.150. The molecule has 0 aliphatic carbocycles. The van der Waals surface area contributed by atoms with Crippen LogP contribution in [0, 0.1) is 5.41 Å². The molecule has 1 N–H and O–H groups in total. The first-order chi connectivity index (χ1) is 9.42. The van der Waals surface area contributed by atoms with Gasteiger partial charge >= 0.3 is 5.97 Å². The molecular weight excluding hydrogens is 256 g/mol. The van der Waals surface area contributed by atoms with E-state index in [2.05, 4.69) is 18.7 Å². The Hall–Kier alpha value is -1.10. The summed E-state index contributed by atoms with van der Waals surface area (Å²) >= 11 is 0. The molecule has 1 aliphatic heterocycles. The lowest BCUT2D eigenvalue weighted by Crippen LogP contribution is -2.47. The number of likely N-dealkylation sites (tertiary alicyclic amines) is 1. The van der Waals surface area contributed by atoms with Crippen molar-refractivity contribution in [3.05, 3.63) is 0 Å². The van der Waals surface area contributed by atoms with E-state index in [1.54, 1.807) is 6.92 Å². The van der Waals surface area contributed by atoms with Gasteiger partial charge < -0.3 is 10.0 Å². The summed E-state index contributed by atoms with van der Waals surface area (Å²) in [6, 6.07) is 0. The number of piperidine rings is 1. The van der Waals surface area contributed by atoms with Crippen molar-refractivity contribution < 1.29 is 14.7 Å². The Morgan fingerprint density at radius 1 is 1.15 bits per heavy atom. The molecule has 0 unspecified atom stereocenters. The Kier molecular flexibility index (Phi) is 6.46. The van der Waals surface area contributed by atoms with Crippen LogP contribution in [-0.2, 0) is 9.59 Å². The molecule has 5 heteroatoms. The van der Waals surface area contributed by atoms with E-state index >= 15 is 0 Å². The Labute approximate surface area is 121 Å². The molecular formula is C15H28N2O3. The lowest BCUT2D eigenvalue weighted by atomic mass is 9.80. The van der Waals surface area contributed by atoms with Gasteiger partial charge in [-0.15, -0.1) is 0 Å². The van der Waals surface area contributed by atoms with E-state index in [1.807, 2.05) is 4.90 Å². The minimum Gasteiger partial charge on any atom is -0.481 e. The minimum absolute atomic E-state index is 0.174. The molecule has 0 spiro atoms. The minimum atomic E-state index is -0.720. The van der Waals surface area contributed by atoms with Crippen LogP contribution in [0.25, 0.3) is 0 Å². The first kappa shape index (κ1) is 17.0. The molecule has 1 heterocycles. The van der Waals surface area contributed by atoms with Gasteiger partial charge in [0.2, 0.25) is 5.91 Å². The van der Waals surface area contributed by atoms with Crippen molar-refractivity contribution in [2.24, 2.45) is 5.41 Å². The van der Waals surface area contributed by atoms with Crippen molar-refractivity contribution in [2.45, 2.75) is 46.5 Å². The monoisotopic (exact) mass is 284 g/mol. The van der Waals surface area contributed by atoms with Crippen LogP contribution in [0.3, 0.4) is 0 Å². The quantitative estimate of drug-likeness (QED) is 0.774. The second-order valence-electron chi connectivity index (χ2n) is 6.02. The first-order valence-corrected chi connectivity index (χ1v) is 7.66. The number of rotatable bonds is 7. The highest BCUT2D eigenvalue weighted by Gasteiger charge is 2.37. The summed E-state index contributed by atoms with van der Waals surface area (Å²) in [4.78, 5) is 27.5. The first-order valence-electron chi connectivity index (χ1n) is 7.66. The average Bonchev–Trinajstić information content (AvgIpc) is 2.41. The van der Waals surface area contributed by atoms with Crippen LogP contribution in [0.4, 0.5) is 0 Å². The highest BCUT2D eigenvalue weighted by Crippen LogP contribution is 2.30. The van der Waals surface area contributed by atoms with Crippen LogP contribution in [0.15, 0.2) is 0 Å². The van der Waals surface area contributed by atoms with Crippen LogP contribution in [0.2, 0.25) is 0 Å². The summed E-state index contributed by atoms with van der Waals surface area (Å²) in [5.41, 5.74) is -0.619. The fourth-order valence-electron chi connectivity index (χ4n) is 2.61. The number of hydrogen-bond acceptors (Lipinski definition) is 3. The predicted molar refractivity (Wildman–Crippen MR) is 78.6 cm³/mol. The topological polar surface area (TPSA) is 60.9 Å². The molecule has 1 fully saturated rings. The largest absolute Gasteiger partial charge is 0.481 e. The SMILES string of the molecule is CCCN(CCC)C(=O)CN1CCC(C)(C(=O)O)CC1. The van der Waals surface area contributed by atoms with E-state index in [9.17, 15) is 14.7 Å². The van der Waals surface area contributed by atoms with Crippen LogP contribution < -0.4 is 0 Å². The zero-order chi connectivity index (χ0) is 15.2. The molecule has 1 saturated heterocycles. The van der Waals surface area contributed by atoms with Crippen molar-refractivity contribution in [1.29, 1.82) is 0 Å². The van der Waals surface area contributed by atoms with Gasteiger partial charge in [-0.25, -0.2) is 0 Å². The third-order valence-corrected chi connectivity index (χ3v) is 4.17. The fraction of sp³-hybridized carbons (Fsp3) is 0.867. The Bertz CT molecular complexity index is 330. The summed E-state index contributed by atoms with van der Waals surface area (Å²) in [5, 5.41) is 9.20. The van der Waals surface area contributed by atoms with Crippen molar-refractivity contribution in [3.8, 4) is 0 Å². The molecule has 5 nitrogen and oxygen atoms in total. The Balaban J connectivity index is 2.46. The molecule has 1 rings (SSSR count). The molecule has 0 radical (unpaired) electrons. The van der Waals surface area contributed by atoms with Gasteiger partial charge in [-0.2, -0.15) is 0 Å². The number of nitrogens with zero attached hydrogens (tertiary/aromatic N) is 2. The summed E-state index contributed by atoms with van der Waals surface area (Å²) in [5.74, 6) is -0.547. The molecule has 1 amide bonds. The molecule has 20 heavy (non-hydrogen) atoms. The van der Waals surface area contributed by atoms with Crippen molar-refractivity contribution in [2.75, 3.05) is 32.7 Å². The summed E-state index contributed by atoms with van der Waals surface area (Å²) in [6.07, 6.45) is 3.19. The van der Waals surface area contributed by atoms with Gasteiger partial charge in [0.1, 0.15) is 0 Å². The molecule has 116 valence electrons. The van der Waals surface area contributed by atoms with E-state index in [-0.39, 0.29) is 5.91 Å². The fourth-order valence-corrected chi connectivity index (χ4v) is 2.61. The Morgan fingerprint density at radius 2 is 1.65 bits per heavy atom. The number of amides is 1. The normalized spacial score (nSPS) is 18.8. The van der Waals surface area contributed by atoms with Gasteiger partial charge in [-0.1, -0.05) is 13.8 Å². The van der Waals surface area contributed by atoms with Crippen LogP contribution in [-0.4, -0.2) is 59.5 Å². The summed E-state index contributed by atoms with van der Waals surface area (Å²) in [6.45, 7) is 9.40. The van der Waals surface area contributed by atoms with Crippen LogP contribution in [0.5, 0.6) is 0 Å². The summed E-state index contributed by atoms with van der Waals surface area (Å²) < 4.78 is 0. The molecule has 0 aromatic carbocycles. The number of carboxylic acids is 1. The molecule has 0 atom stereocenters. The summed E-state index contributed by atoms with van der Waals surface area (Å²) in [7, 11) is 0.